The normalized spacial score (nSPS) is 13.3. The Morgan fingerprint density at radius 3 is 2.50 bits per heavy atom. The van der Waals surface area contributed by atoms with Crippen LogP contribution in [0.25, 0.3) is 11.3 Å². The van der Waals surface area contributed by atoms with Crippen molar-refractivity contribution in [1.29, 1.82) is 0 Å². The van der Waals surface area contributed by atoms with Crippen LogP contribution in [0.5, 0.6) is 5.75 Å². The van der Waals surface area contributed by atoms with E-state index in [1.54, 1.807) is 36.7 Å². The molecule has 1 aliphatic carbocycles. The van der Waals surface area contributed by atoms with Gasteiger partial charge in [0.1, 0.15) is 5.75 Å². The predicted octanol–water partition coefficient (Wildman–Crippen LogP) is 3.75. The van der Waals surface area contributed by atoms with Crippen LogP contribution in [0.3, 0.4) is 0 Å². The lowest BCUT2D eigenvalue weighted by molar-refractivity contribution is 0.102. The Morgan fingerprint density at radius 1 is 1.13 bits per heavy atom. The molecule has 0 bridgehead atoms. The van der Waals surface area contributed by atoms with E-state index in [1.165, 1.54) is 10.7 Å². The number of aromatic hydroxyl groups is 1. The monoisotopic (exact) mass is 405 g/mol. The number of phenolic OH excluding ortho intramolecular Hbond substituents is 1. The van der Waals surface area contributed by atoms with E-state index in [-0.39, 0.29) is 23.7 Å². The molecular formula is C22H23N5O3. The molecule has 8 nitrogen and oxygen atoms in total. The van der Waals surface area contributed by atoms with Gasteiger partial charge in [0.05, 0.1) is 11.4 Å². The van der Waals surface area contributed by atoms with Gasteiger partial charge in [0, 0.05) is 47.2 Å². The number of aromatic nitrogens is 3. The number of amides is 2. The van der Waals surface area contributed by atoms with Crippen LogP contribution in [-0.2, 0) is 0 Å². The first kappa shape index (κ1) is 19.6. The molecule has 2 aromatic heterocycles. The number of rotatable bonds is 5. The number of anilines is 1. The number of hydrogen-bond acceptors (Lipinski definition) is 5. The summed E-state index contributed by atoms with van der Waals surface area (Å²) >= 11 is 0. The molecule has 154 valence electrons. The minimum Gasteiger partial charge on any atom is -0.507 e. The van der Waals surface area contributed by atoms with Crippen molar-refractivity contribution in [2.45, 2.75) is 38.6 Å². The second-order valence-corrected chi connectivity index (χ2v) is 7.67. The van der Waals surface area contributed by atoms with Gasteiger partial charge in [-0.05, 0) is 57.0 Å². The maximum absolute atomic E-state index is 12.5. The van der Waals surface area contributed by atoms with Crippen molar-refractivity contribution in [2.75, 3.05) is 5.32 Å². The Balaban J connectivity index is 1.59. The third-order valence-electron chi connectivity index (χ3n) is 4.81. The summed E-state index contributed by atoms with van der Waals surface area (Å²) in [5.41, 5.74) is 2.78. The van der Waals surface area contributed by atoms with Crippen molar-refractivity contribution in [3.63, 3.8) is 0 Å². The summed E-state index contributed by atoms with van der Waals surface area (Å²) in [5.74, 6) is -0.0146. The molecule has 3 N–H and O–H groups in total. The van der Waals surface area contributed by atoms with Gasteiger partial charge in [-0.3, -0.25) is 9.78 Å². The number of nitrogens with zero attached hydrogens (tertiary/aromatic N) is 3. The fraction of sp³-hybridized carbons (Fsp3) is 0.273. The zero-order valence-corrected chi connectivity index (χ0v) is 16.8. The molecule has 4 rings (SSSR count). The molecule has 0 radical (unpaired) electrons. The first-order chi connectivity index (χ1) is 14.4. The van der Waals surface area contributed by atoms with Crippen LogP contribution in [-0.4, -0.2) is 37.9 Å². The van der Waals surface area contributed by atoms with E-state index in [0.29, 0.717) is 28.4 Å². The molecule has 0 aliphatic heterocycles. The fourth-order valence-electron chi connectivity index (χ4n) is 3.20. The van der Waals surface area contributed by atoms with Crippen molar-refractivity contribution in [2.24, 2.45) is 0 Å². The standard InChI is InChI=1S/C22H23N5O3/c1-13(2)24-22(30)27-19(14-3-4-14)12-18(26-27)17-6-5-16(11-20(17)28)25-21(29)15-7-9-23-10-8-15/h5-14,28H,3-4H2,1-2H3,(H,24,30)(H,25,29). The minimum atomic E-state index is -0.296. The van der Waals surface area contributed by atoms with E-state index >= 15 is 0 Å². The van der Waals surface area contributed by atoms with E-state index in [0.717, 1.165) is 18.5 Å². The molecular weight excluding hydrogens is 382 g/mol. The second-order valence-electron chi connectivity index (χ2n) is 7.67. The second kappa shape index (κ2) is 7.98. The molecule has 1 saturated carbocycles. The number of hydrogen-bond donors (Lipinski definition) is 3. The molecule has 0 spiro atoms. The first-order valence-electron chi connectivity index (χ1n) is 9.88. The lowest BCUT2D eigenvalue weighted by atomic mass is 10.1. The van der Waals surface area contributed by atoms with Gasteiger partial charge in [-0.15, -0.1) is 0 Å². The highest BCUT2D eigenvalue weighted by molar-refractivity contribution is 6.04. The summed E-state index contributed by atoms with van der Waals surface area (Å²) < 4.78 is 1.39. The van der Waals surface area contributed by atoms with Crippen LogP contribution < -0.4 is 10.6 Å². The van der Waals surface area contributed by atoms with Crippen LogP contribution >= 0.6 is 0 Å². The van der Waals surface area contributed by atoms with Gasteiger partial charge in [0.2, 0.25) is 0 Å². The summed E-state index contributed by atoms with van der Waals surface area (Å²) in [6.07, 6.45) is 5.12. The summed E-state index contributed by atoms with van der Waals surface area (Å²) in [4.78, 5) is 28.7. The highest BCUT2D eigenvalue weighted by Crippen LogP contribution is 2.42. The predicted molar refractivity (Wildman–Crippen MR) is 113 cm³/mol. The van der Waals surface area contributed by atoms with Gasteiger partial charge in [-0.2, -0.15) is 9.78 Å². The molecule has 0 saturated heterocycles. The maximum Gasteiger partial charge on any atom is 0.342 e. The highest BCUT2D eigenvalue weighted by Gasteiger charge is 2.31. The SMILES string of the molecule is CC(C)NC(=O)n1nc(-c2ccc(NC(=O)c3ccncc3)cc2O)cc1C1CC1. The van der Waals surface area contributed by atoms with Crippen LogP contribution in [0.2, 0.25) is 0 Å². The van der Waals surface area contributed by atoms with Gasteiger partial charge in [-0.1, -0.05) is 0 Å². The zero-order valence-electron chi connectivity index (χ0n) is 16.8. The van der Waals surface area contributed by atoms with Gasteiger partial charge in [-0.25, -0.2) is 4.79 Å². The van der Waals surface area contributed by atoms with Gasteiger partial charge >= 0.3 is 6.03 Å². The third kappa shape index (κ3) is 4.17. The summed E-state index contributed by atoms with van der Waals surface area (Å²) in [5, 5.41) is 20.6. The lowest BCUT2D eigenvalue weighted by Crippen LogP contribution is -2.35. The molecule has 1 aromatic carbocycles. The largest absolute Gasteiger partial charge is 0.507 e. The van der Waals surface area contributed by atoms with Crippen LogP contribution in [0.1, 0.15) is 48.7 Å². The molecule has 3 aromatic rings. The molecule has 30 heavy (non-hydrogen) atoms. The average molecular weight is 405 g/mol. The topological polar surface area (TPSA) is 109 Å². The minimum absolute atomic E-state index is 0.00565. The molecule has 2 heterocycles. The Kier molecular flexibility index (Phi) is 5.22. The fourth-order valence-corrected chi connectivity index (χ4v) is 3.20. The van der Waals surface area contributed by atoms with Crippen molar-refractivity contribution in [3.8, 4) is 17.0 Å². The van der Waals surface area contributed by atoms with Crippen molar-refractivity contribution in [3.05, 3.63) is 60.0 Å². The Labute approximate surface area is 174 Å². The van der Waals surface area contributed by atoms with E-state index in [1.807, 2.05) is 19.9 Å². The number of pyridine rings is 1. The molecule has 2 amide bonds. The number of nitrogens with one attached hydrogen (secondary N) is 2. The van der Waals surface area contributed by atoms with Crippen LogP contribution in [0.4, 0.5) is 10.5 Å². The summed E-state index contributed by atoms with van der Waals surface area (Å²) in [6.45, 7) is 3.79. The number of carbonyl (C=O) groups excluding carboxylic acids is 2. The third-order valence-corrected chi connectivity index (χ3v) is 4.81. The molecule has 0 unspecified atom stereocenters. The van der Waals surface area contributed by atoms with E-state index < -0.39 is 0 Å². The molecule has 1 aliphatic rings. The number of phenols is 1. The number of benzene rings is 1. The highest BCUT2D eigenvalue weighted by atomic mass is 16.3. The van der Waals surface area contributed by atoms with E-state index in [2.05, 4.69) is 20.7 Å². The Bertz CT molecular complexity index is 1090. The Hall–Kier alpha value is -3.68. The summed E-state index contributed by atoms with van der Waals surface area (Å²) in [7, 11) is 0. The summed E-state index contributed by atoms with van der Waals surface area (Å²) in [6, 6.07) is 9.63. The van der Waals surface area contributed by atoms with E-state index in [4.69, 9.17) is 0 Å². The van der Waals surface area contributed by atoms with Gasteiger partial charge < -0.3 is 15.7 Å². The molecule has 1 fully saturated rings. The van der Waals surface area contributed by atoms with Crippen molar-refractivity contribution in [1.82, 2.24) is 20.1 Å². The van der Waals surface area contributed by atoms with Crippen molar-refractivity contribution >= 4 is 17.6 Å². The molecule has 0 atom stereocenters. The van der Waals surface area contributed by atoms with Crippen molar-refractivity contribution < 1.29 is 14.7 Å². The molecule has 8 heteroatoms. The lowest BCUT2D eigenvalue weighted by Gasteiger charge is -2.10. The van der Waals surface area contributed by atoms with Gasteiger partial charge in [0.25, 0.3) is 5.91 Å². The smallest absolute Gasteiger partial charge is 0.342 e. The van der Waals surface area contributed by atoms with Gasteiger partial charge in [0.15, 0.2) is 0 Å². The Morgan fingerprint density at radius 2 is 1.87 bits per heavy atom. The quantitative estimate of drug-likeness (QED) is 0.599. The maximum atomic E-state index is 12.5. The average Bonchev–Trinajstić information content (AvgIpc) is 3.47. The zero-order chi connectivity index (χ0) is 21.3. The number of carbonyl (C=O) groups is 2. The van der Waals surface area contributed by atoms with Crippen LogP contribution in [0.15, 0.2) is 48.8 Å². The first-order valence-corrected chi connectivity index (χ1v) is 9.88. The van der Waals surface area contributed by atoms with E-state index in [9.17, 15) is 14.7 Å². The van der Waals surface area contributed by atoms with Crippen LogP contribution in [0, 0.1) is 0 Å².